The molecule has 0 aromatic rings. The SMILES string of the molecule is CCN1CCCNCCC1(C)C. The quantitative estimate of drug-likeness (QED) is 0.641. The first kappa shape index (κ1) is 10.0. The molecule has 1 aliphatic rings. The predicted octanol–water partition coefficient (Wildman–Crippen LogP) is 1.47. The lowest BCUT2D eigenvalue weighted by Gasteiger charge is -2.39. The minimum atomic E-state index is 0.391. The molecule has 0 radical (unpaired) electrons. The number of rotatable bonds is 1. The predicted molar refractivity (Wildman–Crippen MR) is 53.4 cm³/mol. The average Bonchev–Trinajstić information content (AvgIpc) is 1.99. The van der Waals surface area contributed by atoms with Crippen molar-refractivity contribution in [2.24, 2.45) is 0 Å². The van der Waals surface area contributed by atoms with Crippen LogP contribution in [0, 0.1) is 0 Å². The minimum Gasteiger partial charge on any atom is -0.317 e. The second kappa shape index (κ2) is 4.24. The summed E-state index contributed by atoms with van der Waals surface area (Å²) in [7, 11) is 0. The van der Waals surface area contributed by atoms with Crippen molar-refractivity contribution in [3.63, 3.8) is 0 Å². The van der Waals surface area contributed by atoms with Gasteiger partial charge in [-0.2, -0.15) is 0 Å². The van der Waals surface area contributed by atoms with E-state index in [0.717, 1.165) is 0 Å². The molecule has 1 rings (SSSR count). The molecular weight excluding hydrogens is 148 g/mol. The lowest BCUT2D eigenvalue weighted by Crippen LogP contribution is -2.48. The largest absolute Gasteiger partial charge is 0.317 e. The van der Waals surface area contributed by atoms with E-state index in [1.807, 2.05) is 0 Å². The van der Waals surface area contributed by atoms with Crippen LogP contribution in [0.4, 0.5) is 0 Å². The molecule has 0 aromatic carbocycles. The molecule has 0 spiro atoms. The number of hydrogen-bond donors (Lipinski definition) is 1. The summed E-state index contributed by atoms with van der Waals surface area (Å²) in [6.07, 6.45) is 2.55. The third-order valence-corrected chi connectivity index (χ3v) is 2.93. The maximum Gasteiger partial charge on any atom is 0.0165 e. The highest BCUT2D eigenvalue weighted by Crippen LogP contribution is 2.19. The van der Waals surface area contributed by atoms with Gasteiger partial charge >= 0.3 is 0 Å². The Morgan fingerprint density at radius 3 is 2.75 bits per heavy atom. The molecule has 0 atom stereocenters. The molecule has 1 fully saturated rings. The van der Waals surface area contributed by atoms with Gasteiger partial charge < -0.3 is 5.32 Å². The van der Waals surface area contributed by atoms with Gasteiger partial charge in [0.05, 0.1) is 0 Å². The normalized spacial score (nSPS) is 26.2. The minimum absolute atomic E-state index is 0.391. The van der Waals surface area contributed by atoms with E-state index in [2.05, 4.69) is 31.0 Å². The molecule has 0 amide bonds. The topological polar surface area (TPSA) is 15.3 Å². The van der Waals surface area contributed by atoms with E-state index in [9.17, 15) is 0 Å². The van der Waals surface area contributed by atoms with Gasteiger partial charge in [0.2, 0.25) is 0 Å². The lowest BCUT2D eigenvalue weighted by molar-refractivity contribution is 0.108. The summed E-state index contributed by atoms with van der Waals surface area (Å²) in [6.45, 7) is 11.8. The van der Waals surface area contributed by atoms with Crippen LogP contribution in [-0.4, -0.2) is 36.6 Å². The van der Waals surface area contributed by atoms with Gasteiger partial charge in [0, 0.05) is 5.54 Å². The van der Waals surface area contributed by atoms with Crippen LogP contribution in [0.15, 0.2) is 0 Å². The second-order valence-electron chi connectivity index (χ2n) is 4.25. The van der Waals surface area contributed by atoms with E-state index >= 15 is 0 Å². The molecule has 72 valence electrons. The van der Waals surface area contributed by atoms with E-state index in [1.165, 1.54) is 39.0 Å². The molecule has 12 heavy (non-hydrogen) atoms. The highest BCUT2D eigenvalue weighted by atomic mass is 15.2. The van der Waals surface area contributed by atoms with E-state index < -0.39 is 0 Å². The van der Waals surface area contributed by atoms with E-state index in [-0.39, 0.29) is 0 Å². The fourth-order valence-electron chi connectivity index (χ4n) is 1.96. The molecule has 0 bridgehead atoms. The third-order valence-electron chi connectivity index (χ3n) is 2.93. The summed E-state index contributed by atoms with van der Waals surface area (Å²) in [6, 6.07) is 0. The van der Waals surface area contributed by atoms with Crippen LogP contribution in [0.25, 0.3) is 0 Å². The Kier molecular flexibility index (Phi) is 3.53. The molecule has 1 heterocycles. The van der Waals surface area contributed by atoms with Crippen LogP contribution in [0.1, 0.15) is 33.6 Å². The van der Waals surface area contributed by atoms with Crippen molar-refractivity contribution in [2.45, 2.75) is 39.2 Å². The van der Waals surface area contributed by atoms with Gasteiger partial charge in [0.25, 0.3) is 0 Å². The Morgan fingerprint density at radius 1 is 1.33 bits per heavy atom. The van der Waals surface area contributed by atoms with Gasteiger partial charge in [-0.25, -0.2) is 0 Å². The third kappa shape index (κ3) is 2.46. The van der Waals surface area contributed by atoms with Gasteiger partial charge in [-0.1, -0.05) is 6.92 Å². The van der Waals surface area contributed by atoms with Crippen molar-refractivity contribution in [1.82, 2.24) is 10.2 Å². The van der Waals surface area contributed by atoms with Crippen LogP contribution in [0.2, 0.25) is 0 Å². The number of nitrogens with zero attached hydrogens (tertiary/aromatic N) is 1. The van der Waals surface area contributed by atoms with Gasteiger partial charge in [-0.05, 0) is 52.9 Å². The summed E-state index contributed by atoms with van der Waals surface area (Å²) in [5.74, 6) is 0. The molecule has 2 heteroatoms. The fraction of sp³-hybridized carbons (Fsp3) is 1.00. The van der Waals surface area contributed by atoms with Crippen LogP contribution in [-0.2, 0) is 0 Å². The van der Waals surface area contributed by atoms with Crippen molar-refractivity contribution < 1.29 is 0 Å². The first-order chi connectivity index (χ1) is 5.67. The molecule has 1 aliphatic heterocycles. The number of nitrogens with one attached hydrogen (secondary N) is 1. The van der Waals surface area contributed by atoms with Gasteiger partial charge in [-0.3, -0.25) is 4.90 Å². The van der Waals surface area contributed by atoms with E-state index in [4.69, 9.17) is 0 Å². The number of hydrogen-bond acceptors (Lipinski definition) is 2. The smallest absolute Gasteiger partial charge is 0.0165 e. The molecule has 2 nitrogen and oxygen atoms in total. The van der Waals surface area contributed by atoms with Crippen molar-refractivity contribution in [2.75, 3.05) is 26.2 Å². The molecule has 0 saturated carbocycles. The van der Waals surface area contributed by atoms with Crippen molar-refractivity contribution in [1.29, 1.82) is 0 Å². The molecule has 0 aliphatic carbocycles. The zero-order chi connectivity index (χ0) is 9.03. The van der Waals surface area contributed by atoms with Gasteiger partial charge in [0.15, 0.2) is 0 Å². The lowest BCUT2D eigenvalue weighted by atomic mass is 9.96. The van der Waals surface area contributed by atoms with Crippen LogP contribution in [0.3, 0.4) is 0 Å². The Morgan fingerprint density at radius 2 is 2.08 bits per heavy atom. The molecule has 0 unspecified atom stereocenters. The fourth-order valence-corrected chi connectivity index (χ4v) is 1.96. The van der Waals surface area contributed by atoms with Crippen molar-refractivity contribution in [3.05, 3.63) is 0 Å². The van der Waals surface area contributed by atoms with Crippen molar-refractivity contribution in [3.8, 4) is 0 Å². The first-order valence-electron chi connectivity index (χ1n) is 5.12. The van der Waals surface area contributed by atoms with E-state index in [0.29, 0.717) is 5.54 Å². The molecule has 1 N–H and O–H groups in total. The Bertz CT molecular complexity index is 132. The molecular formula is C10H22N2. The first-order valence-corrected chi connectivity index (χ1v) is 5.12. The van der Waals surface area contributed by atoms with Crippen LogP contribution < -0.4 is 5.32 Å². The summed E-state index contributed by atoms with van der Waals surface area (Å²) in [5, 5.41) is 3.46. The Balaban J connectivity index is 2.52. The second-order valence-corrected chi connectivity index (χ2v) is 4.25. The molecule has 1 saturated heterocycles. The zero-order valence-electron chi connectivity index (χ0n) is 8.69. The van der Waals surface area contributed by atoms with Crippen LogP contribution >= 0.6 is 0 Å². The summed E-state index contributed by atoms with van der Waals surface area (Å²) in [4.78, 5) is 2.59. The van der Waals surface area contributed by atoms with E-state index in [1.54, 1.807) is 0 Å². The maximum absolute atomic E-state index is 3.46. The average molecular weight is 170 g/mol. The van der Waals surface area contributed by atoms with Gasteiger partial charge in [0.1, 0.15) is 0 Å². The standard InChI is InChI=1S/C10H22N2/c1-4-12-9-5-7-11-8-6-10(12,2)3/h11H,4-9H2,1-3H3. The molecule has 0 aromatic heterocycles. The van der Waals surface area contributed by atoms with Gasteiger partial charge in [-0.15, -0.1) is 0 Å². The van der Waals surface area contributed by atoms with Crippen LogP contribution in [0.5, 0.6) is 0 Å². The summed E-state index contributed by atoms with van der Waals surface area (Å²) < 4.78 is 0. The van der Waals surface area contributed by atoms with Crippen molar-refractivity contribution >= 4 is 0 Å². The summed E-state index contributed by atoms with van der Waals surface area (Å²) >= 11 is 0. The maximum atomic E-state index is 3.46. The Hall–Kier alpha value is -0.0800. The zero-order valence-corrected chi connectivity index (χ0v) is 8.69. The highest BCUT2D eigenvalue weighted by Gasteiger charge is 2.25. The Labute approximate surface area is 76.3 Å². The highest BCUT2D eigenvalue weighted by molar-refractivity contribution is 4.83. The summed E-state index contributed by atoms with van der Waals surface area (Å²) in [5.41, 5.74) is 0.391. The monoisotopic (exact) mass is 170 g/mol.